The highest BCUT2D eigenvalue weighted by Gasteiger charge is 2.17. The molecule has 1 unspecified atom stereocenters. The highest BCUT2D eigenvalue weighted by Crippen LogP contribution is 2.17. The molecule has 2 atom stereocenters. The van der Waals surface area contributed by atoms with Crippen LogP contribution in [-0.4, -0.2) is 33.8 Å². The fraction of sp³-hybridized carbons (Fsp3) is 0.227. The van der Waals surface area contributed by atoms with Crippen molar-refractivity contribution in [2.45, 2.75) is 25.1 Å². The SMILES string of the molecule is NC(Cc1ccccc1)[C@@H](O)CN(N)Cc1ccc(-c2ccccn2)cc1. The van der Waals surface area contributed by atoms with E-state index in [2.05, 4.69) is 4.98 Å². The summed E-state index contributed by atoms with van der Waals surface area (Å²) < 4.78 is 0. The number of nitrogens with zero attached hydrogens (tertiary/aromatic N) is 2. The van der Waals surface area contributed by atoms with Crippen LogP contribution in [0.4, 0.5) is 0 Å². The average molecular weight is 362 g/mol. The third-order valence-electron chi connectivity index (χ3n) is 4.53. The summed E-state index contributed by atoms with van der Waals surface area (Å²) in [7, 11) is 0. The second-order valence-corrected chi connectivity index (χ2v) is 6.76. The van der Waals surface area contributed by atoms with Crippen LogP contribution >= 0.6 is 0 Å². The van der Waals surface area contributed by atoms with Gasteiger partial charge >= 0.3 is 0 Å². The molecule has 0 amide bonds. The first-order chi connectivity index (χ1) is 13.1. The molecule has 0 spiro atoms. The largest absolute Gasteiger partial charge is 0.390 e. The molecular weight excluding hydrogens is 336 g/mol. The van der Waals surface area contributed by atoms with Gasteiger partial charge in [-0.2, -0.15) is 0 Å². The summed E-state index contributed by atoms with van der Waals surface area (Å²) in [5.41, 5.74) is 10.3. The van der Waals surface area contributed by atoms with E-state index in [-0.39, 0.29) is 6.04 Å². The Balaban J connectivity index is 1.51. The van der Waals surface area contributed by atoms with Crippen molar-refractivity contribution in [3.63, 3.8) is 0 Å². The zero-order chi connectivity index (χ0) is 19.1. The van der Waals surface area contributed by atoms with E-state index in [1.54, 1.807) is 11.2 Å². The summed E-state index contributed by atoms with van der Waals surface area (Å²) in [4.78, 5) is 4.35. The Labute approximate surface area is 160 Å². The van der Waals surface area contributed by atoms with Gasteiger partial charge in [0, 0.05) is 30.9 Å². The van der Waals surface area contributed by atoms with Gasteiger partial charge in [-0.15, -0.1) is 0 Å². The summed E-state index contributed by atoms with van der Waals surface area (Å²) in [6.07, 6.45) is 1.71. The Hall–Kier alpha value is -2.57. The van der Waals surface area contributed by atoms with Gasteiger partial charge in [0.1, 0.15) is 0 Å². The predicted molar refractivity (Wildman–Crippen MR) is 108 cm³/mol. The number of hydrogen-bond acceptors (Lipinski definition) is 5. The van der Waals surface area contributed by atoms with Crippen LogP contribution in [0.5, 0.6) is 0 Å². The molecule has 0 aliphatic heterocycles. The van der Waals surface area contributed by atoms with E-state index >= 15 is 0 Å². The van der Waals surface area contributed by atoms with Crippen LogP contribution in [0.1, 0.15) is 11.1 Å². The molecule has 27 heavy (non-hydrogen) atoms. The van der Waals surface area contributed by atoms with Crippen molar-refractivity contribution in [1.29, 1.82) is 0 Å². The molecule has 0 radical (unpaired) electrons. The fourth-order valence-corrected chi connectivity index (χ4v) is 3.01. The predicted octanol–water partition coefficient (Wildman–Crippen LogP) is 2.36. The van der Waals surface area contributed by atoms with Gasteiger partial charge in [-0.05, 0) is 29.7 Å². The van der Waals surface area contributed by atoms with Gasteiger partial charge in [-0.3, -0.25) is 10.8 Å². The van der Waals surface area contributed by atoms with Gasteiger partial charge in [-0.25, -0.2) is 5.01 Å². The molecule has 3 rings (SSSR count). The topological polar surface area (TPSA) is 88.4 Å². The minimum atomic E-state index is -0.692. The lowest BCUT2D eigenvalue weighted by molar-refractivity contribution is 0.0877. The summed E-state index contributed by atoms with van der Waals surface area (Å²) in [6.45, 7) is 0.855. The zero-order valence-corrected chi connectivity index (χ0v) is 15.3. The Bertz CT molecular complexity index is 809. The maximum absolute atomic E-state index is 10.4. The van der Waals surface area contributed by atoms with E-state index in [1.165, 1.54) is 0 Å². The Kier molecular flexibility index (Phi) is 6.68. The van der Waals surface area contributed by atoms with Crippen molar-refractivity contribution in [3.05, 3.63) is 90.1 Å². The number of aromatic nitrogens is 1. The van der Waals surface area contributed by atoms with Crippen molar-refractivity contribution >= 4 is 0 Å². The first-order valence-corrected chi connectivity index (χ1v) is 9.09. The van der Waals surface area contributed by atoms with E-state index in [9.17, 15) is 5.11 Å². The van der Waals surface area contributed by atoms with E-state index < -0.39 is 6.10 Å². The molecule has 3 aromatic rings. The molecule has 5 heteroatoms. The van der Waals surface area contributed by atoms with E-state index in [4.69, 9.17) is 11.6 Å². The van der Waals surface area contributed by atoms with Gasteiger partial charge in [-0.1, -0.05) is 60.7 Å². The second-order valence-electron chi connectivity index (χ2n) is 6.76. The molecule has 0 saturated heterocycles. The molecule has 140 valence electrons. The fourth-order valence-electron chi connectivity index (χ4n) is 3.01. The van der Waals surface area contributed by atoms with Crippen LogP contribution in [0.15, 0.2) is 79.0 Å². The number of aliphatic hydroxyl groups is 1. The first kappa shape index (κ1) is 19.2. The Morgan fingerprint density at radius 2 is 1.59 bits per heavy atom. The molecule has 2 aromatic carbocycles. The summed E-state index contributed by atoms with van der Waals surface area (Å²) in [6, 6.07) is 23.5. The van der Waals surface area contributed by atoms with Crippen LogP contribution < -0.4 is 11.6 Å². The summed E-state index contributed by atoms with van der Waals surface area (Å²) >= 11 is 0. The number of hydrazine groups is 1. The second kappa shape index (κ2) is 9.39. The molecule has 0 aliphatic rings. The number of nitrogens with two attached hydrogens (primary N) is 2. The molecule has 1 heterocycles. The lowest BCUT2D eigenvalue weighted by Crippen LogP contribution is -2.46. The van der Waals surface area contributed by atoms with E-state index in [0.717, 1.165) is 22.4 Å². The van der Waals surface area contributed by atoms with Gasteiger partial charge in [0.15, 0.2) is 0 Å². The maximum Gasteiger partial charge on any atom is 0.0835 e. The van der Waals surface area contributed by atoms with Crippen LogP contribution in [0.3, 0.4) is 0 Å². The molecule has 1 aromatic heterocycles. The summed E-state index contributed by atoms with van der Waals surface area (Å²) in [5.74, 6) is 6.09. The molecule has 0 aliphatic carbocycles. The monoisotopic (exact) mass is 362 g/mol. The molecule has 0 bridgehead atoms. The van der Waals surface area contributed by atoms with Crippen LogP contribution in [0.2, 0.25) is 0 Å². The van der Waals surface area contributed by atoms with Crippen molar-refractivity contribution in [1.82, 2.24) is 9.99 Å². The van der Waals surface area contributed by atoms with Crippen molar-refractivity contribution in [3.8, 4) is 11.3 Å². The smallest absolute Gasteiger partial charge is 0.0835 e. The quantitative estimate of drug-likeness (QED) is 0.423. The Morgan fingerprint density at radius 3 is 2.26 bits per heavy atom. The normalized spacial score (nSPS) is 13.5. The molecule has 0 saturated carbocycles. The average Bonchev–Trinajstić information content (AvgIpc) is 2.70. The number of aliphatic hydroxyl groups excluding tert-OH is 1. The van der Waals surface area contributed by atoms with Crippen molar-refractivity contribution in [2.75, 3.05) is 6.54 Å². The summed E-state index contributed by atoms with van der Waals surface area (Å²) in [5, 5.41) is 12.0. The number of benzene rings is 2. The van der Waals surface area contributed by atoms with Gasteiger partial charge in [0.2, 0.25) is 0 Å². The minimum Gasteiger partial charge on any atom is -0.390 e. The highest BCUT2D eigenvalue weighted by molar-refractivity contribution is 5.58. The lowest BCUT2D eigenvalue weighted by Gasteiger charge is -2.24. The lowest BCUT2D eigenvalue weighted by atomic mass is 10.0. The van der Waals surface area contributed by atoms with Crippen molar-refractivity contribution < 1.29 is 5.11 Å². The van der Waals surface area contributed by atoms with Gasteiger partial charge in [0.05, 0.1) is 11.8 Å². The van der Waals surface area contributed by atoms with Crippen LogP contribution in [0, 0.1) is 0 Å². The molecule has 5 N–H and O–H groups in total. The minimum absolute atomic E-state index is 0.315. The van der Waals surface area contributed by atoms with Crippen LogP contribution in [0.25, 0.3) is 11.3 Å². The third-order valence-corrected chi connectivity index (χ3v) is 4.53. The van der Waals surface area contributed by atoms with Crippen LogP contribution in [-0.2, 0) is 13.0 Å². The van der Waals surface area contributed by atoms with Gasteiger partial charge in [0.25, 0.3) is 0 Å². The maximum atomic E-state index is 10.4. The molecular formula is C22H26N4O. The number of pyridine rings is 1. The third kappa shape index (κ3) is 5.70. The first-order valence-electron chi connectivity index (χ1n) is 9.09. The number of hydrogen-bond donors (Lipinski definition) is 3. The number of rotatable bonds is 8. The zero-order valence-electron chi connectivity index (χ0n) is 15.3. The standard InChI is InChI=1S/C22H26N4O/c23-20(14-17-6-2-1-3-7-17)22(27)16-26(24)15-18-9-11-19(12-10-18)21-8-4-5-13-25-21/h1-13,20,22,27H,14-16,23-24H2/t20?,22-/m0/s1. The molecule has 0 fully saturated rings. The van der Waals surface area contributed by atoms with Crippen molar-refractivity contribution in [2.24, 2.45) is 11.6 Å². The van der Waals surface area contributed by atoms with Gasteiger partial charge < -0.3 is 10.8 Å². The van der Waals surface area contributed by atoms with E-state index in [1.807, 2.05) is 72.8 Å². The van der Waals surface area contributed by atoms with E-state index in [0.29, 0.717) is 19.5 Å². The Morgan fingerprint density at radius 1 is 0.889 bits per heavy atom. The highest BCUT2D eigenvalue weighted by atomic mass is 16.3. The molecule has 5 nitrogen and oxygen atoms in total.